The van der Waals surface area contributed by atoms with Crippen LogP contribution in [0.1, 0.15) is 67.2 Å². The molecule has 1 fully saturated rings. The van der Waals surface area contributed by atoms with E-state index < -0.39 is 0 Å². The molecule has 1 aliphatic carbocycles. The normalized spacial score (nSPS) is 15.8. The van der Waals surface area contributed by atoms with Crippen molar-refractivity contribution in [2.75, 3.05) is 13.1 Å². The SMILES string of the molecule is C=C(N(C/C=C(\C)CCC=C(C)C)CC1CC1)C(C)(C)C. The van der Waals surface area contributed by atoms with Crippen molar-refractivity contribution >= 4 is 0 Å². The van der Waals surface area contributed by atoms with Gasteiger partial charge in [-0.05, 0) is 52.4 Å². The highest BCUT2D eigenvalue weighted by molar-refractivity contribution is 5.10. The van der Waals surface area contributed by atoms with E-state index in [9.17, 15) is 0 Å². The summed E-state index contributed by atoms with van der Waals surface area (Å²) in [5.74, 6) is 0.906. The molecule has 21 heavy (non-hydrogen) atoms. The third-order valence-corrected chi connectivity index (χ3v) is 4.17. The van der Waals surface area contributed by atoms with Crippen molar-refractivity contribution in [2.45, 2.75) is 67.2 Å². The van der Waals surface area contributed by atoms with E-state index in [4.69, 9.17) is 0 Å². The van der Waals surface area contributed by atoms with Gasteiger partial charge < -0.3 is 4.90 Å². The molecule has 0 unspecified atom stereocenters. The Hall–Kier alpha value is -0.980. The summed E-state index contributed by atoms with van der Waals surface area (Å²) >= 11 is 0. The quantitative estimate of drug-likeness (QED) is 0.499. The number of rotatable bonds is 8. The lowest BCUT2D eigenvalue weighted by Gasteiger charge is -2.34. The Balaban J connectivity index is 2.55. The molecule has 0 N–H and O–H groups in total. The van der Waals surface area contributed by atoms with Gasteiger partial charge in [0.25, 0.3) is 0 Å². The molecule has 1 saturated carbocycles. The van der Waals surface area contributed by atoms with Gasteiger partial charge in [-0.1, -0.05) is 50.6 Å². The fourth-order valence-corrected chi connectivity index (χ4v) is 2.34. The Morgan fingerprint density at radius 1 is 1.14 bits per heavy atom. The first-order valence-electron chi connectivity index (χ1n) is 8.43. The van der Waals surface area contributed by atoms with E-state index in [2.05, 4.69) is 65.2 Å². The molecule has 1 aliphatic rings. The van der Waals surface area contributed by atoms with E-state index in [0.717, 1.165) is 18.9 Å². The van der Waals surface area contributed by atoms with Gasteiger partial charge in [0.05, 0.1) is 0 Å². The summed E-state index contributed by atoms with van der Waals surface area (Å²) in [6, 6.07) is 0. The van der Waals surface area contributed by atoms with Crippen LogP contribution in [-0.2, 0) is 0 Å². The average Bonchev–Trinajstić information content (AvgIpc) is 3.15. The van der Waals surface area contributed by atoms with Crippen molar-refractivity contribution in [2.24, 2.45) is 11.3 Å². The third-order valence-electron chi connectivity index (χ3n) is 4.17. The van der Waals surface area contributed by atoms with Crippen LogP contribution in [0.15, 0.2) is 35.6 Å². The maximum Gasteiger partial charge on any atom is 0.0359 e. The number of allylic oxidation sites excluding steroid dienone is 4. The van der Waals surface area contributed by atoms with Gasteiger partial charge in [-0.3, -0.25) is 0 Å². The van der Waals surface area contributed by atoms with Gasteiger partial charge in [-0.15, -0.1) is 0 Å². The van der Waals surface area contributed by atoms with E-state index in [1.807, 2.05) is 0 Å². The minimum absolute atomic E-state index is 0.165. The Bertz CT molecular complexity index is 398. The van der Waals surface area contributed by atoms with Gasteiger partial charge >= 0.3 is 0 Å². The van der Waals surface area contributed by atoms with Gasteiger partial charge in [-0.25, -0.2) is 0 Å². The molecule has 0 atom stereocenters. The van der Waals surface area contributed by atoms with Crippen LogP contribution in [0.3, 0.4) is 0 Å². The molecule has 1 nitrogen and oxygen atoms in total. The fourth-order valence-electron chi connectivity index (χ4n) is 2.34. The Morgan fingerprint density at radius 2 is 1.76 bits per heavy atom. The summed E-state index contributed by atoms with van der Waals surface area (Å²) in [6.07, 6.45) is 9.86. The zero-order chi connectivity index (χ0) is 16.0. The van der Waals surface area contributed by atoms with E-state index in [1.54, 1.807) is 0 Å². The van der Waals surface area contributed by atoms with Crippen LogP contribution in [0.2, 0.25) is 0 Å². The second-order valence-corrected chi connectivity index (χ2v) is 7.92. The zero-order valence-electron chi connectivity index (χ0n) is 15.1. The lowest BCUT2D eigenvalue weighted by atomic mass is 9.91. The molecule has 0 amide bonds. The van der Waals surface area contributed by atoms with Crippen LogP contribution >= 0.6 is 0 Å². The summed E-state index contributed by atoms with van der Waals surface area (Å²) in [6.45, 7) is 20.0. The number of hydrogen-bond donors (Lipinski definition) is 0. The van der Waals surface area contributed by atoms with Crippen LogP contribution in [0.5, 0.6) is 0 Å². The molecule has 120 valence electrons. The summed E-state index contributed by atoms with van der Waals surface area (Å²) in [7, 11) is 0. The minimum Gasteiger partial charge on any atom is -0.371 e. The molecular weight excluding hydrogens is 254 g/mol. The Morgan fingerprint density at radius 3 is 2.24 bits per heavy atom. The molecule has 0 saturated heterocycles. The molecule has 0 aromatic heterocycles. The largest absolute Gasteiger partial charge is 0.371 e. The monoisotopic (exact) mass is 289 g/mol. The molecule has 1 rings (SSSR count). The van der Waals surface area contributed by atoms with Crippen molar-refractivity contribution < 1.29 is 0 Å². The predicted molar refractivity (Wildman–Crippen MR) is 95.3 cm³/mol. The molecule has 0 spiro atoms. The van der Waals surface area contributed by atoms with Crippen LogP contribution in [0.4, 0.5) is 0 Å². The molecular formula is C20H35N. The van der Waals surface area contributed by atoms with E-state index in [0.29, 0.717) is 0 Å². The predicted octanol–water partition coefficient (Wildman–Crippen LogP) is 5.95. The minimum atomic E-state index is 0.165. The van der Waals surface area contributed by atoms with Crippen molar-refractivity contribution in [3.63, 3.8) is 0 Å². The fraction of sp³-hybridized carbons (Fsp3) is 0.700. The second-order valence-electron chi connectivity index (χ2n) is 7.92. The summed E-state index contributed by atoms with van der Waals surface area (Å²) in [4.78, 5) is 2.50. The standard InChI is InChI=1S/C20H35N/c1-16(2)9-8-10-17(3)13-14-21(15-19-11-12-19)18(4)20(5,6)7/h9,13,19H,4,8,10-12,14-15H2,1-3,5-7H3/b17-13+. The van der Waals surface area contributed by atoms with Crippen LogP contribution < -0.4 is 0 Å². The van der Waals surface area contributed by atoms with Crippen molar-refractivity contribution in [1.82, 2.24) is 4.90 Å². The van der Waals surface area contributed by atoms with Gasteiger partial charge in [-0.2, -0.15) is 0 Å². The Labute approximate surface area is 132 Å². The topological polar surface area (TPSA) is 3.24 Å². The first-order valence-corrected chi connectivity index (χ1v) is 8.43. The van der Waals surface area contributed by atoms with Crippen LogP contribution in [0, 0.1) is 11.3 Å². The van der Waals surface area contributed by atoms with Crippen molar-refractivity contribution in [3.8, 4) is 0 Å². The number of nitrogens with zero attached hydrogens (tertiary/aromatic N) is 1. The smallest absolute Gasteiger partial charge is 0.0359 e. The summed E-state index contributed by atoms with van der Waals surface area (Å²) in [5.41, 5.74) is 4.36. The highest BCUT2D eigenvalue weighted by Gasteiger charge is 2.27. The molecule has 1 heteroatoms. The van der Waals surface area contributed by atoms with E-state index in [-0.39, 0.29) is 5.41 Å². The molecule has 0 aromatic carbocycles. The van der Waals surface area contributed by atoms with E-state index in [1.165, 1.54) is 42.7 Å². The first kappa shape index (κ1) is 18.1. The highest BCUT2D eigenvalue weighted by Crippen LogP contribution is 2.34. The first-order chi connectivity index (χ1) is 9.70. The van der Waals surface area contributed by atoms with E-state index >= 15 is 0 Å². The molecule has 0 aromatic rings. The lowest BCUT2D eigenvalue weighted by molar-refractivity contribution is 0.280. The summed E-state index contributed by atoms with van der Waals surface area (Å²) < 4.78 is 0. The maximum atomic E-state index is 4.36. The van der Waals surface area contributed by atoms with Crippen LogP contribution in [0.25, 0.3) is 0 Å². The maximum absolute atomic E-state index is 4.36. The van der Waals surface area contributed by atoms with Crippen LogP contribution in [-0.4, -0.2) is 18.0 Å². The number of hydrogen-bond acceptors (Lipinski definition) is 1. The van der Waals surface area contributed by atoms with Gasteiger partial charge in [0.2, 0.25) is 0 Å². The second kappa shape index (κ2) is 7.87. The van der Waals surface area contributed by atoms with Crippen molar-refractivity contribution in [1.29, 1.82) is 0 Å². The molecule has 0 heterocycles. The highest BCUT2D eigenvalue weighted by atomic mass is 15.1. The molecule has 0 bridgehead atoms. The average molecular weight is 290 g/mol. The van der Waals surface area contributed by atoms with Gasteiger partial charge in [0.15, 0.2) is 0 Å². The van der Waals surface area contributed by atoms with Crippen molar-refractivity contribution in [3.05, 3.63) is 35.6 Å². The zero-order valence-corrected chi connectivity index (χ0v) is 15.1. The van der Waals surface area contributed by atoms with Gasteiger partial charge in [0.1, 0.15) is 0 Å². The third kappa shape index (κ3) is 7.55. The lowest BCUT2D eigenvalue weighted by Crippen LogP contribution is -2.31. The Kier molecular flexibility index (Phi) is 6.77. The van der Waals surface area contributed by atoms with Gasteiger partial charge in [0, 0.05) is 24.2 Å². The summed E-state index contributed by atoms with van der Waals surface area (Å²) in [5, 5.41) is 0. The molecule has 0 radical (unpaired) electrons. The molecule has 0 aliphatic heterocycles.